The van der Waals surface area contributed by atoms with Crippen molar-refractivity contribution in [1.82, 2.24) is 8.61 Å². The monoisotopic (exact) mass is 312 g/mol. The summed E-state index contributed by atoms with van der Waals surface area (Å²) in [7, 11) is 1.69. The minimum Gasteiger partial charge on any atom is -0.487 e. The van der Waals surface area contributed by atoms with Gasteiger partial charge in [-0.2, -0.15) is 0 Å². The molecule has 0 aliphatic rings. The topological polar surface area (TPSA) is 42.0 Å². The van der Waals surface area contributed by atoms with E-state index in [0.29, 0.717) is 11.5 Å². The van der Waals surface area contributed by atoms with Crippen molar-refractivity contribution < 1.29 is 14.3 Å². The van der Waals surface area contributed by atoms with Crippen LogP contribution in [-0.2, 0) is 0 Å². The van der Waals surface area contributed by atoms with Crippen LogP contribution in [-0.4, -0.2) is 40.9 Å². The number of ether oxygens (including phenoxy) is 2. The van der Waals surface area contributed by atoms with Gasteiger partial charge in [-0.1, -0.05) is 26.0 Å². The lowest BCUT2D eigenvalue weighted by molar-refractivity contribution is 0.179. The van der Waals surface area contributed by atoms with Crippen LogP contribution in [0.4, 0.5) is 4.79 Å². The number of amides is 1. The quantitative estimate of drug-likeness (QED) is 0.716. The Morgan fingerprint density at radius 2 is 1.76 bits per heavy atom. The highest BCUT2D eigenvalue weighted by atomic mass is 32.2. The molecule has 0 aliphatic carbocycles. The third kappa shape index (κ3) is 5.85. The fraction of sp³-hybridized carbons (Fsp3) is 0.533. The van der Waals surface area contributed by atoms with Crippen molar-refractivity contribution >= 4 is 18.2 Å². The maximum Gasteiger partial charge on any atom is 0.426 e. The van der Waals surface area contributed by atoms with Gasteiger partial charge in [0.1, 0.15) is 0 Å². The molecule has 0 bridgehead atoms. The van der Waals surface area contributed by atoms with E-state index in [0.717, 1.165) is 13.1 Å². The molecule has 0 radical (unpaired) electrons. The SMILES string of the molecule is CCN(CC)SN(C)C(=O)Oc1ccccc1OC(C)C. The van der Waals surface area contributed by atoms with E-state index < -0.39 is 6.09 Å². The van der Waals surface area contributed by atoms with Crippen LogP contribution in [0.3, 0.4) is 0 Å². The number of para-hydroxylation sites is 2. The summed E-state index contributed by atoms with van der Waals surface area (Å²) in [5.74, 6) is 1.00. The lowest BCUT2D eigenvalue weighted by Gasteiger charge is -2.23. The second-order valence-electron chi connectivity index (χ2n) is 4.67. The highest BCUT2D eigenvalue weighted by molar-refractivity contribution is 7.95. The van der Waals surface area contributed by atoms with E-state index >= 15 is 0 Å². The average Bonchev–Trinajstić information content (AvgIpc) is 2.45. The number of rotatable bonds is 7. The van der Waals surface area contributed by atoms with Crippen LogP contribution in [0.5, 0.6) is 11.5 Å². The maximum absolute atomic E-state index is 12.1. The number of carbonyl (C=O) groups is 1. The third-order valence-corrected chi connectivity index (χ3v) is 3.75. The van der Waals surface area contributed by atoms with Gasteiger partial charge in [-0.15, -0.1) is 0 Å². The molecule has 1 rings (SSSR count). The van der Waals surface area contributed by atoms with Crippen molar-refractivity contribution in [3.63, 3.8) is 0 Å². The fourth-order valence-electron chi connectivity index (χ4n) is 1.59. The predicted octanol–water partition coefficient (Wildman–Crippen LogP) is 3.81. The first-order chi connectivity index (χ1) is 9.97. The largest absolute Gasteiger partial charge is 0.487 e. The Bertz CT molecular complexity index is 450. The molecule has 1 aromatic carbocycles. The summed E-state index contributed by atoms with van der Waals surface area (Å²) in [6, 6.07) is 7.18. The van der Waals surface area contributed by atoms with Gasteiger partial charge in [0.25, 0.3) is 0 Å². The smallest absolute Gasteiger partial charge is 0.426 e. The number of hydrogen-bond donors (Lipinski definition) is 0. The minimum absolute atomic E-state index is 0.0210. The second kappa shape index (κ2) is 8.79. The number of hydrogen-bond acceptors (Lipinski definition) is 5. The van der Waals surface area contributed by atoms with Crippen molar-refractivity contribution in [2.24, 2.45) is 0 Å². The highest BCUT2D eigenvalue weighted by Gasteiger charge is 2.17. The molecule has 0 spiro atoms. The molecule has 0 heterocycles. The van der Waals surface area contributed by atoms with Crippen LogP contribution in [0.1, 0.15) is 27.7 Å². The van der Waals surface area contributed by atoms with Gasteiger partial charge in [-0.3, -0.25) is 0 Å². The molecule has 0 unspecified atom stereocenters. The third-order valence-electron chi connectivity index (χ3n) is 2.61. The van der Waals surface area contributed by atoms with Crippen LogP contribution in [0, 0.1) is 0 Å². The van der Waals surface area contributed by atoms with E-state index in [1.165, 1.54) is 16.4 Å². The zero-order valence-electron chi connectivity index (χ0n) is 13.3. The van der Waals surface area contributed by atoms with Crippen molar-refractivity contribution in [1.29, 1.82) is 0 Å². The first kappa shape index (κ1) is 17.7. The van der Waals surface area contributed by atoms with Gasteiger partial charge in [0.2, 0.25) is 0 Å². The lowest BCUT2D eigenvalue weighted by Crippen LogP contribution is -2.29. The molecule has 0 aromatic heterocycles. The minimum atomic E-state index is -0.424. The summed E-state index contributed by atoms with van der Waals surface area (Å²) >= 11 is 1.34. The van der Waals surface area contributed by atoms with Gasteiger partial charge in [0.15, 0.2) is 11.5 Å². The zero-order valence-corrected chi connectivity index (χ0v) is 14.1. The summed E-state index contributed by atoms with van der Waals surface area (Å²) < 4.78 is 14.6. The second-order valence-corrected chi connectivity index (χ2v) is 5.90. The van der Waals surface area contributed by atoms with Gasteiger partial charge in [0, 0.05) is 32.3 Å². The van der Waals surface area contributed by atoms with Crippen LogP contribution in [0.15, 0.2) is 24.3 Å². The van der Waals surface area contributed by atoms with Crippen molar-refractivity contribution in [3.05, 3.63) is 24.3 Å². The Morgan fingerprint density at radius 1 is 1.19 bits per heavy atom. The summed E-state index contributed by atoms with van der Waals surface area (Å²) in [5, 5.41) is 0. The predicted molar refractivity (Wildman–Crippen MR) is 86.5 cm³/mol. The Morgan fingerprint density at radius 3 is 2.29 bits per heavy atom. The maximum atomic E-state index is 12.1. The molecule has 0 fully saturated rings. The normalized spacial score (nSPS) is 10.8. The lowest BCUT2D eigenvalue weighted by atomic mass is 10.3. The van der Waals surface area contributed by atoms with Gasteiger partial charge in [-0.05, 0) is 26.0 Å². The number of benzene rings is 1. The number of carbonyl (C=O) groups excluding carboxylic acids is 1. The number of nitrogens with zero attached hydrogens (tertiary/aromatic N) is 2. The molecule has 1 aromatic rings. The molecular formula is C15H24N2O3S. The first-order valence-corrected chi connectivity index (χ1v) is 7.85. The van der Waals surface area contributed by atoms with E-state index in [2.05, 4.69) is 4.31 Å². The van der Waals surface area contributed by atoms with Crippen molar-refractivity contribution in [3.8, 4) is 11.5 Å². The molecule has 5 nitrogen and oxygen atoms in total. The van der Waals surface area contributed by atoms with Crippen molar-refractivity contribution in [2.75, 3.05) is 20.1 Å². The Labute approximate surface area is 131 Å². The molecule has 0 saturated heterocycles. The molecule has 0 aliphatic heterocycles. The van der Waals surface area contributed by atoms with Crippen LogP contribution < -0.4 is 9.47 Å². The Balaban J connectivity index is 2.70. The Hall–Kier alpha value is -1.40. The molecule has 118 valence electrons. The van der Waals surface area contributed by atoms with Gasteiger partial charge >= 0.3 is 6.09 Å². The highest BCUT2D eigenvalue weighted by Crippen LogP contribution is 2.28. The molecule has 1 amide bonds. The average molecular weight is 312 g/mol. The zero-order chi connectivity index (χ0) is 15.8. The summed E-state index contributed by atoms with van der Waals surface area (Å²) in [6.45, 7) is 9.66. The molecule has 6 heteroatoms. The van der Waals surface area contributed by atoms with Crippen LogP contribution in [0.2, 0.25) is 0 Å². The van der Waals surface area contributed by atoms with Gasteiger partial charge in [-0.25, -0.2) is 13.4 Å². The summed E-state index contributed by atoms with van der Waals surface area (Å²) in [5.41, 5.74) is 0. The van der Waals surface area contributed by atoms with Gasteiger partial charge < -0.3 is 9.47 Å². The van der Waals surface area contributed by atoms with E-state index in [-0.39, 0.29) is 6.10 Å². The van der Waals surface area contributed by atoms with E-state index in [1.54, 1.807) is 19.2 Å². The Kier molecular flexibility index (Phi) is 7.39. The van der Waals surface area contributed by atoms with E-state index in [1.807, 2.05) is 39.8 Å². The van der Waals surface area contributed by atoms with Gasteiger partial charge in [0.05, 0.1) is 6.10 Å². The molecule has 0 saturated carbocycles. The molecule has 0 atom stereocenters. The standard InChI is InChI=1S/C15H24N2O3S/c1-6-17(7-2)21-16(5)15(18)20-14-11-9-8-10-13(14)19-12(3)4/h8-12H,6-7H2,1-5H3. The molecule has 0 N–H and O–H groups in total. The first-order valence-electron chi connectivity index (χ1n) is 7.12. The molecule has 21 heavy (non-hydrogen) atoms. The van der Waals surface area contributed by atoms with Crippen LogP contribution in [0.25, 0.3) is 0 Å². The molecular weight excluding hydrogens is 288 g/mol. The fourth-order valence-corrected chi connectivity index (χ4v) is 2.27. The summed E-state index contributed by atoms with van der Waals surface area (Å²) in [6.07, 6.45) is -0.403. The van der Waals surface area contributed by atoms with E-state index in [9.17, 15) is 4.79 Å². The summed E-state index contributed by atoms with van der Waals surface area (Å²) in [4.78, 5) is 12.1. The van der Waals surface area contributed by atoms with E-state index in [4.69, 9.17) is 9.47 Å². The van der Waals surface area contributed by atoms with Crippen molar-refractivity contribution in [2.45, 2.75) is 33.8 Å². The van der Waals surface area contributed by atoms with Crippen LogP contribution >= 0.6 is 12.1 Å².